The molecular weight excluding hydrogens is 343 g/mol. The highest BCUT2D eigenvalue weighted by Crippen LogP contribution is 2.15. The van der Waals surface area contributed by atoms with Crippen LogP contribution in [0.15, 0.2) is 48.5 Å². The Bertz CT molecular complexity index is 908. The Morgan fingerprint density at radius 2 is 1.96 bits per heavy atom. The lowest BCUT2D eigenvalue weighted by molar-refractivity contribution is 0.0773. The molecule has 0 atom stereocenters. The zero-order chi connectivity index (χ0) is 18.0. The first kappa shape index (κ1) is 17.1. The molecule has 0 unspecified atom stereocenters. The lowest BCUT2D eigenvalue weighted by Gasteiger charge is -2.15. The van der Waals surface area contributed by atoms with E-state index in [0.29, 0.717) is 16.4 Å². The highest BCUT2D eigenvalue weighted by atomic mass is 35.5. The van der Waals surface area contributed by atoms with Crippen LogP contribution in [0.1, 0.15) is 22.0 Å². The summed E-state index contributed by atoms with van der Waals surface area (Å²) in [7, 11) is 1.63. The molecule has 0 bridgehead atoms. The second-order valence-corrected chi connectivity index (χ2v) is 6.10. The maximum absolute atomic E-state index is 13.3. The van der Waals surface area contributed by atoms with Gasteiger partial charge in [0.2, 0.25) is 5.82 Å². The predicted octanol–water partition coefficient (Wildman–Crippen LogP) is 3.64. The summed E-state index contributed by atoms with van der Waals surface area (Å²) in [5.74, 6) is 0.00981. The van der Waals surface area contributed by atoms with E-state index < -0.39 is 0 Å². The number of rotatable bonds is 4. The van der Waals surface area contributed by atoms with Gasteiger partial charge >= 0.3 is 0 Å². The van der Waals surface area contributed by atoms with Crippen LogP contribution in [0.4, 0.5) is 4.39 Å². The molecule has 7 heteroatoms. The zero-order valence-electron chi connectivity index (χ0n) is 13.8. The summed E-state index contributed by atoms with van der Waals surface area (Å²) in [5, 5.41) is 4.91. The van der Waals surface area contributed by atoms with Crippen molar-refractivity contribution >= 4 is 17.5 Å². The minimum absolute atomic E-state index is 0.0892. The molecule has 3 rings (SSSR count). The Kier molecular flexibility index (Phi) is 4.81. The van der Waals surface area contributed by atoms with E-state index in [9.17, 15) is 9.18 Å². The molecule has 0 aliphatic rings. The number of hydrogen-bond donors (Lipinski definition) is 0. The van der Waals surface area contributed by atoms with E-state index in [4.69, 9.17) is 11.6 Å². The Labute approximate surface area is 149 Å². The number of nitrogens with zero attached hydrogens (tertiary/aromatic N) is 4. The molecule has 25 heavy (non-hydrogen) atoms. The van der Waals surface area contributed by atoms with E-state index in [0.717, 1.165) is 5.69 Å². The van der Waals surface area contributed by atoms with Crippen LogP contribution in [-0.2, 0) is 6.54 Å². The lowest BCUT2D eigenvalue weighted by atomic mass is 10.2. The van der Waals surface area contributed by atoms with Crippen LogP contribution < -0.4 is 0 Å². The third-order valence-electron chi connectivity index (χ3n) is 3.69. The van der Waals surface area contributed by atoms with Crippen LogP contribution in [0.25, 0.3) is 5.69 Å². The van der Waals surface area contributed by atoms with E-state index in [1.165, 1.54) is 17.0 Å². The van der Waals surface area contributed by atoms with Crippen LogP contribution >= 0.6 is 11.6 Å². The van der Waals surface area contributed by atoms with Gasteiger partial charge in [-0.3, -0.25) is 4.79 Å². The van der Waals surface area contributed by atoms with Crippen molar-refractivity contribution in [2.24, 2.45) is 0 Å². The number of halogens is 2. The van der Waals surface area contributed by atoms with Crippen LogP contribution in [0.3, 0.4) is 0 Å². The molecule has 0 fully saturated rings. The van der Waals surface area contributed by atoms with E-state index in [1.54, 1.807) is 55.1 Å². The Morgan fingerprint density at radius 1 is 1.24 bits per heavy atom. The number of carbonyl (C=O) groups excluding carboxylic acids is 1. The average molecular weight is 359 g/mol. The van der Waals surface area contributed by atoms with Gasteiger partial charge in [-0.25, -0.2) is 14.1 Å². The maximum Gasteiger partial charge on any atom is 0.293 e. The molecule has 1 aromatic heterocycles. The van der Waals surface area contributed by atoms with Gasteiger partial charge in [-0.2, -0.15) is 0 Å². The molecule has 1 heterocycles. The fraction of sp³-hybridized carbons (Fsp3) is 0.167. The third-order valence-corrected chi connectivity index (χ3v) is 3.94. The lowest BCUT2D eigenvalue weighted by Crippen LogP contribution is -2.27. The van der Waals surface area contributed by atoms with Gasteiger partial charge < -0.3 is 4.90 Å². The van der Waals surface area contributed by atoms with Gasteiger partial charge in [0.25, 0.3) is 5.91 Å². The number of aryl methyl sites for hydroxylation is 1. The molecule has 0 N–H and O–H groups in total. The molecule has 128 valence electrons. The van der Waals surface area contributed by atoms with Crippen molar-refractivity contribution in [2.45, 2.75) is 13.5 Å². The SMILES string of the molecule is Cc1nc(C(=O)N(C)Cc2cccc(F)c2)nn1-c1ccc(Cl)cc1. The smallest absolute Gasteiger partial charge is 0.293 e. The van der Waals surface area contributed by atoms with E-state index in [2.05, 4.69) is 10.1 Å². The van der Waals surface area contributed by atoms with Gasteiger partial charge in [0, 0.05) is 18.6 Å². The van der Waals surface area contributed by atoms with Crippen molar-refractivity contribution in [3.63, 3.8) is 0 Å². The van der Waals surface area contributed by atoms with Crippen LogP contribution in [-0.4, -0.2) is 32.6 Å². The largest absolute Gasteiger partial charge is 0.335 e. The number of amides is 1. The fourth-order valence-corrected chi connectivity index (χ4v) is 2.59. The predicted molar refractivity (Wildman–Crippen MR) is 93.3 cm³/mol. The molecule has 0 aliphatic heterocycles. The van der Waals surface area contributed by atoms with Gasteiger partial charge in [0.15, 0.2) is 0 Å². The van der Waals surface area contributed by atoms with E-state index in [-0.39, 0.29) is 24.1 Å². The monoisotopic (exact) mass is 358 g/mol. The van der Waals surface area contributed by atoms with Crippen molar-refractivity contribution in [3.05, 3.63) is 76.6 Å². The summed E-state index contributed by atoms with van der Waals surface area (Å²) < 4.78 is 14.9. The Balaban J connectivity index is 1.80. The number of aromatic nitrogens is 3. The van der Waals surface area contributed by atoms with Gasteiger partial charge in [0.1, 0.15) is 11.6 Å². The van der Waals surface area contributed by atoms with Gasteiger partial charge in [0.05, 0.1) is 5.69 Å². The number of carbonyl (C=O) groups is 1. The van der Waals surface area contributed by atoms with Crippen molar-refractivity contribution in [1.82, 2.24) is 19.7 Å². The second kappa shape index (κ2) is 7.03. The second-order valence-electron chi connectivity index (χ2n) is 5.66. The number of benzene rings is 2. The van der Waals surface area contributed by atoms with Gasteiger partial charge in [-0.15, -0.1) is 5.10 Å². The molecule has 0 spiro atoms. The van der Waals surface area contributed by atoms with Crippen LogP contribution in [0.5, 0.6) is 0 Å². The number of hydrogen-bond acceptors (Lipinski definition) is 3. The molecule has 3 aromatic rings. The standard InChI is InChI=1S/C18H16ClFN4O/c1-12-21-17(22-24(12)16-8-6-14(19)7-9-16)18(25)23(2)11-13-4-3-5-15(20)10-13/h3-10H,11H2,1-2H3. The molecule has 5 nitrogen and oxygen atoms in total. The van der Waals surface area contributed by atoms with Gasteiger partial charge in [-0.05, 0) is 48.9 Å². The molecule has 0 saturated heterocycles. The highest BCUT2D eigenvalue weighted by molar-refractivity contribution is 6.30. The van der Waals surface area contributed by atoms with E-state index in [1.807, 2.05) is 0 Å². The summed E-state index contributed by atoms with van der Waals surface area (Å²) in [6, 6.07) is 13.2. The third kappa shape index (κ3) is 3.85. The van der Waals surface area contributed by atoms with E-state index >= 15 is 0 Å². The summed E-state index contributed by atoms with van der Waals surface area (Å²) >= 11 is 5.89. The molecule has 1 amide bonds. The highest BCUT2D eigenvalue weighted by Gasteiger charge is 2.19. The minimum atomic E-state index is -0.334. The molecule has 0 radical (unpaired) electrons. The Morgan fingerprint density at radius 3 is 2.64 bits per heavy atom. The van der Waals surface area contributed by atoms with Crippen LogP contribution in [0.2, 0.25) is 5.02 Å². The van der Waals surface area contributed by atoms with Crippen molar-refractivity contribution in [2.75, 3.05) is 7.05 Å². The maximum atomic E-state index is 13.3. The zero-order valence-corrected chi connectivity index (χ0v) is 14.5. The molecule has 2 aromatic carbocycles. The fourth-order valence-electron chi connectivity index (χ4n) is 2.46. The quantitative estimate of drug-likeness (QED) is 0.715. The minimum Gasteiger partial charge on any atom is -0.335 e. The van der Waals surface area contributed by atoms with Crippen LogP contribution in [0, 0.1) is 12.7 Å². The first-order chi connectivity index (χ1) is 11.9. The summed E-state index contributed by atoms with van der Waals surface area (Å²) in [4.78, 5) is 18.3. The van der Waals surface area contributed by atoms with Crippen molar-refractivity contribution in [1.29, 1.82) is 0 Å². The van der Waals surface area contributed by atoms with Crippen molar-refractivity contribution in [3.8, 4) is 5.69 Å². The first-order valence-electron chi connectivity index (χ1n) is 7.63. The normalized spacial score (nSPS) is 10.7. The summed E-state index contributed by atoms with van der Waals surface area (Å²) in [6.07, 6.45) is 0. The topological polar surface area (TPSA) is 51.0 Å². The first-order valence-corrected chi connectivity index (χ1v) is 8.01. The van der Waals surface area contributed by atoms with Crippen molar-refractivity contribution < 1.29 is 9.18 Å². The Hall–Kier alpha value is -2.73. The van der Waals surface area contributed by atoms with Gasteiger partial charge in [-0.1, -0.05) is 23.7 Å². The molecule has 0 aliphatic carbocycles. The molecular formula is C18H16ClFN4O. The summed E-state index contributed by atoms with van der Waals surface area (Å²) in [6.45, 7) is 2.04. The molecule has 0 saturated carbocycles. The average Bonchev–Trinajstić information content (AvgIpc) is 2.96. The summed E-state index contributed by atoms with van der Waals surface area (Å²) in [5.41, 5.74) is 1.46.